The highest BCUT2D eigenvalue weighted by Crippen LogP contribution is 2.38. The van der Waals surface area contributed by atoms with Crippen LogP contribution in [-0.2, 0) is 9.53 Å². The zero-order chi connectivity index (χ0) is 25.4. The number of anilines is 3. The fourth-order valence-electron chi connectivity index (χ4n) is 5.05. The van der Waals surface area contributed by atoms with Gasteiger partial charge in [0.25, 0.3) is 0 Å². The number of primary amides is 1. The lowest BCUT2D eigenvalue weighted by molar-refractivity contribution is -0.122. The highest BCUT2D eigenvalue weighted by atomic mass is 35.5. The zero-order valence-corrected chi connectivity index (χ0v) is 21.3. The second-order valence-corrected chi connectivity index (χ2v) is 10.4. The summed E-state index contributed by atoms with van der Waals surface area (Å²) in [6.07, 6.45) is 5.24. The zero-order valence-electron chi connectivity index (χ0n) is 19.8. The van der Waals surface area contributed by atoms with Crippen LogP contribution in [0, 0.1) is 17.7 Å². The maximum atomic E-state index is 14.8. The van der Waals surface area contributed by atoms with Crippen LogP contribution in [0.25, 0.3) is 11.2 Å². The van der Waals surface area contributed by atoms with E-state index in [1.165, 1.54) is 12.1 Å². The van der Waals surface area contributed by atoms with E-state index in [-0.39, 0.29) is 39.6 Å². The summed E-state index contributed by atoms with van der Waals surface area (Å²) in [5.74, 6) is 0.177. The molecule has 36 heavy (non-hydrogen) atoms. The molecule has 12 heteroatoms. The normalized spacial score (nSPS) is 24.6. The molecule has 1 saturated carbocycles. The Bertz CT molecular complexity index is 1260. The van der Waals surface area contributed by atoms with Crippen molar-refractivity contribution in [3.8, 4) is 0 Å². The lowest BCUT2D eigenvalue weighted by Crippen LogP contribution is -2.36. The van der Waals surface area contributed by atoms with Crippen LogP contribution in [0.1, 0.15) is 45.1 Å². The Balaban J connectivity index is 1.53. The van der Waals surface area contributed by atoms with E-state index in [0.717, 1.165) is 6.42 Å². The van der Waals surface area contributed by atoms with Crippen molar-refractivity contribution in [3.05, 3.63) is 34.2 Å². The number of rotatable bonds is 6. The summed E-state index contributed by atoms with van der Waals surface area (Å²) in [5.41, 5.74) is 6.79. The number of amides is 1. The van der Waals surface area contributed by atoms with E-state index in [1.54, 1.807) is 6.20 Å². The van der Waals surface area contributed by atoms with Gasteiger partial charge in [-0.1, -0.05) is 30.1 Å². The number of fused-ring (bicyclic) bond motifs is 1. The predicted octanol–water partition coefficient (Wildman–Crippen LogP) is 5.07. The van der Waals surface area contributed by atoms with Gasteiger partial charge in [0, 0.05) is 29.6 Å². The largest absolute Gasteiger partial charge is 0.381 e. The molecule has 1 saturated heterocycles. The number of nitrogens with two attached hydrogens (primary N) is 1. The van der Waals surface area contributed by atoms with E-state index in [0.29, 0.717) is 67.9 Å². The van der Waals surface area contributed by atoms with Gasteiger partial charge in [0.1, 0.15) is 11.3 Å². The minimum atomic E-state index is -0.592. The molecular formula is C24H28Cl2FN7O2. The summed E-state index contributed by atoms with van der Waals surface area (Å²) in [5, 5.41) is 6.83. The summed E-state index contributed by atoms with van der Waals surface area (Å²) in [4.78, 5) is 25.7. The summed E-state index contributed by atoms with van der Waals surface area (Å²) in [7, 11) is 0. The van der Waals surface area contributed by atoms with Crippen LogP contribution in [0.5, 0.6) is 0 Å². The van der Waals surface area contributed by atoms with Crippen molar-refractivity contribution in [2.75, 3.05) is 23.8 Å². The molecule has 0 bridgehead atoms. The highest BCUT2D eigenvalue weighted by molar-refractivity contribution is 6.36. The molecule has 2 unspecified atom stereocenters. The van der Waals surface area contributed by atoms with Gasteiger partial charge in [-0.05, 0) is 50.2 Å². The monoisotopic (exact) mass is 535 g/mol. The van der Waals surface area contributed by atoms with Crippen LogP contribution in [0.4, 0.5) is 22.0 Å². The highest BCUT2D eigenvalue weighted by Gasteiger charge is 2.30. The molecule has 2 aliphatic rings. The Morgan fingerprint density at radius 2 is 1.97 bits per heavy atom. The van der Waals surface area contributed by atoms with Gasteiger partial charge in [-0.3, -0.25) is 9.36 Å². The summed E-state index contributed by atoms with van der Waals surface area (Å²) in [6.45, 7) is 3.50. The number of halogens is 3. The van der Waals surface area contributed by atoms with Gasteiger partial charge < -0.3 is 21.1 Å². The first-order valence-corrected chi connectivity index (χ1v) is 12.9. The molecule has 1 aromatic carbocycles. The van der Waals surface area contributed by atoms with Gasteiger partial charge in [0.15, 0.2) is 5.65 Å². The lowest BCUT2D eigenvalue weighted by atomic mass is 9.85. The third-order valence-corrected chi connectivity index (χ3v) is 7.61. The van der Waals surface area contributed by atoms with Gasteiger partial charge in [-0.15, -0.1) is 0 Å². The molecule has 1 aliphatic carbocycles. The molecule has 9 nitrogen and oxygen atoms in total. The average Bonchev–Trinajstić information content (AvgIpc) is 3.20. The molecule has 5 rings (SSSR count). The molecule has 2 aromatic heterocycles. The maximum absolute atomic E-state index is 14.8. The quantitative estimate of drug-likeness (QED) is 0.402. The number of hydrogen-bond acceptors (Lipinski definition) is 7. The molecular weight excluding hydrogens is 508 g/mol. The van der Waals surface area contributed by atoms with Crippen LogP contribution in [0.3, 0.4) is 0 Å². The van der Waals surface area contributed by atoms with Gasteiger partial charge in [0.05, 0.1) is 23.5 Å². The molecule has 2 fully saturated rings. The number of nitrogens with zero attached hydrogens (tertiary/aromatic N) is 4. The molecule has 0 radical (unpaired) electrons. The number of carbonyl (C=O) groups excluding carboxylic acids is 1. The Morgan fingerprint density at radius 3 is 2.67 bits per heavy atom. The Labute approximate surface area is 217 Å². The van der Waals surface area contributed by atoms with Crippen molar-refractivity contribution < 1.29 is 13.9 Å². The van der Waals surface area contributed by atoms with Crippen LogP contribution >= 0.6 is 23.2 Å². The molecule has 4 N–H and O–H groups in total. The molecule has 192 valence electrons. The SMILES string of the molecule is CC1COCCC1Nc1ncc2nc(Nc3c(F)cc(Cl)cc3Cl)n([C@H]3CC[C@H](C(N)=O)CC3)c2n1. The minimum absolute atomic E-state index is 0.0213. The van der Waals surface area contributed by atoms with Gasteiger partial charge in [-0.25, -0.2) is 14.4 Å². The van der Waals surface area contributed by atoms with E-state index >= 15 is 0 Å². The van der Waals surface area contributed by atoms with E-state index in [9.17, 15) is 9.18 Å². The average molecular weight is 536 g/mol. The lowest BCUT2D eigenvalue weighted by Gasteiger charge is -2.30. The van der Waals surface area contributed by atoms with Crippen molar-refractivity contribution in [1.29, 1.82) is 0 Å². The summed E-state index contributed by atoms with van der Waals surface area (Å²) < 4.78 is 22.3. The van der Waals surface area contributed by atoms with Crippen LogP contribution in [-0.4, -0.2) is 44.7 Å². The first kappa shape index (κ1) is 25.0. The van der Waals surface area contributed by atoms with Crippen LogP contribution in [0.15, 0.2) is 18.3 Å². The second kappa shape index (κ2) is 10.4. The van der Waals surface area contributed by atoms with E-state index in [1.807, 2.05) is 4.57 Å². The fourth-order valence-corrected chi connectivity index (χ4v) is 5.56. The van der Waals surface area contributed by atoms with Gasteiger partial charge in [-0.2, -0.15) is 4.98 Å². The van der Waals surface area contributed by atoms with Crippen molar-refractivity contribution in [2.45, 2.75) is 51.1 Å². The first-order chi connectivity index (χ1) is 17.3. The third kappa shape index (κ3) is 5.07. The van der Waals surface area contributed by atoms with Crippen LogP contribution < -0.4 is 16.4 Å². The molecule has 1 aliphatic heterocycles. The van der Waals surface area contributed by atoms with E-state index in [2.05, 4.69) is 27.5 Å². The first-order valence-electron chi connectivity index (χ1n) is 12.1. The smallest absolute Gasteiger partial charge is 0.224 e. The van der Waals surface area contributed by atoms with Crippen molar-refractivity contribution in [1.82, 2.24) is 19.5 Å². The molecule has 0 spiro atoms. The minimum Gasteiger partial charge on any atom is -0.381 e. The number of carbonyl (C=O) groups is 1. The summed E-state index contributed by atoms with van der Waals surface area (Å²) >= 11 is 12.2. The Hall–Kier alpha value is -2.69. The standard InChI is InChI=1S/C24H28Cl2FN7O2/c1-12-11-36-7-6-18(12)30-23-29-10-19-22(33-23)34(15-4-2-13(3-5-15)21(28)35)24(31-19)32-20-16(26)8-14(25)9-17(20)27/h8-10,12-13,15,18H,2-7,11H2,1H3,(H2,28,35)(H,31,32)(H,29,30,33)/t12?,13-,15-,18?. The van der Waals surface area contributed by atoms with Gasteiger partial charge >= 0.3 is 0 Å². The third-order valence-electron chi connectivity index (χ3n) is 7.10. The molecule has 2 atom stereocenters. The Morgan fingerprint density at radius 1 is 1.19 bits per heavy atom. The fraction of sp³-hybridized carbons (Fsp3) is 0.500. The van der Waals surface area contributed by atoms with E-state index in [4.69, 9.17) is 38.7 Å². The number of benzene rings is 1. The van der Waals surface area contributed by atoms with Crippen molar-refractivity contribution in [2.24, 2.45) is 17.6 Å². The Kier molecular flexibility index (Phi) is 7.18. The number of nitrogens with one attached hydrogen (secondary N) is 2. The maximum Gasteiger partial charge on any atom is 0.224 e. The molecule has 1 amide bonds. The molecule has 3 aromatic rings. The number of aromatic nitrogens is 4. The number of ether oxygens (including phenoxy) is 1. The second-order valence-electron chi connectivity index (χ2n) is 9.58. The molecule has 3 heterocycles. The number of imidazole rings is 1. The number of hydrogen-bond donors (Lipinski definition) is 3. The topological polar surface area (TPSA) is 120 Å². The van der Waals surface area contributed by atoms with Crippen molar-refractivity contribution >= 4 is 57.9 Å². The van der Waals surface area contributed by atoms with Gasteiger partial charge in [0.2, 0.25) is 17.8 Å². The van der Waals surface area contributed by atoms with Crippen LogP contribution in [0.2, 0.25) is 10.0 Å². The van der Waals surface area contributed by atoms with E-state index < -0.39 is 5.82 Å². The van der Waals surface area contributed by atoms with Crippen molar-refractivity contribution in [3.63, 3.8) is 0 Å². The predicted molar refractivity (Wildman–Crippen MR) is 137 cm³/mol. The summed E-state index contributed by atoms with van der Waals surface area (Å²) in [6, 6.07) is 2.83.